The lowest BCUT2D eigenvalue weighted by molar-refractivity contribution is 0.102. The molecule has 0 radical (unpaired) electrons. The molecule has 0 saturated carbocycles. The summed E-state index contributed by atoms with van der Waals surface area (Å²) in [7, 11) is -3.66. The number of hydrogen-bond donors (Lipinski definition) is 1. The molecule has 1 aromatic carbocycles. The fraction of sp³-hybridized carbons (Fsp3) is 0.389. The van der Waals surface area contributed by atoms with Crippen LogP contribution < -0.4 is 10.1 Å². The Morgan fingerprint density at radius 3 is 2.41 bits per heavy atom. The van der Waals surface area contributed by atoms with E-state index < -0.39 is 15.9 Å². The summed E-state index contributed by atoms with van der Waals surface area (Å²) in [6.07, 6.45) is 2.85. The van der Waals surface area contributed by atoms with Crippen molar-refractivity contribution in [1.82, 2.24) is 14.3 Å². The van der Waals surface area contributed by atoms with Gasteiger partial charge in [0.25, 0.3) is 5.91 Å². The van der Waals surface area contributed by atoms with E-state index in [-0.39, 0.29) is 16.3 Å². The van der Waals surface area contributed by atoms with Crippen molar-refractivity contribution in [2.75, 3.05) is 25.0 Å². The molecule has 0 aliphatic carbocycles. The van der Waals surface area contributed by atoms with Gasteiger partial charge in [-0.2, -0.15) is 4.31 Å². The molecule has 0 bridgehead atoms. The molecule has 1 N–H and O–H groups in total. The van der Waals surface area contributed by atoms with Gasteiger partial charge in [-0.3, -0.25) is 9.78 Å². The van der Waals surface area contributed by atoms with Crippen LogP contribution in [-0.2, 0) is 10.0 Å². The van der Waals surface area contributed by atoms with E-state index in [1.54, 1.807) is 27.7 Å². The number of aromatic nitrogens is 2. The molecule has 1 heterocycles. The third kappa shape index (κ3) is 4.81. The monoisotopic (exact) mass is 392 g/mol. The summed E-state index contributed by atoms with van der Waals surface area (Å²) >= 11 is 0. The molecule has 27 heavy (non-hydrogen) atoms. The standard InChI is InChI=1S/C18H24N4O4S/c1-5-22(6-2)27(24,25)14-8-9-17(26-7-3)15(10-14)21-18(23)16-12-19-13(4)11-20-16/h8-12H,5-7H2,1-4H3,(H,21,23). The number of rotatable bonds is 8. The molecule has 2 aromatic rings. The fourth-order valence-electron chi connectivity index (χ4n) is 2.46. The average Bonchev–Trinajstić information content (AvgIpc) is 2.64. The molecule has 0 aliphatic rings. The van der Waals surface area contributed by atoms with Crippen LogP contribution in [0.2, 0.25) is 0 Å². The maximum Gasteiger partial charge on any atom is 0.275 e. The van der Waals surface area contributed by atoms with Gasteiger partial charge < -0.3 is 10.1 Å². The molecule has 9 heteroatoms. The molecule has 1 aromatic heterocycles. The number of anilines is 1. The molecule has 0 unspecified atom stereocenters. The summed E-state index contributed by atoms with van der Waals surface area (Å²) in [5.74, 6) is -0.120. The summed E-state index contributed by atoms with van der Waals surface area (Å²) in [5.41, 5.74) is 1.08. The maximum absolute atomic E-state index is 12.8. The van der Waals surface area contributed by atoms with Gasteiger partial charge in [0.1, 0.15) is 11.4 Å². The molecular formula is C18H24N4O4S. The lowest BCUT2D eigenvalue weighted by atomic mass is 10.2. The molecule has 2 rings (SSSR count). The molecule has 8 nitrogen and oxygen atoms in total. The normalized spacial score (nSPS) is 11.4. The van der Waals surface area contributed by atoms with Crippen LogP contribution in [0.3, 0.4) is 0 Å². The van der Waals surface area contributed by atoms with Gasteiger partial charge in [0.05, 0.1) is 29.1 Å². The van der Waals surface area contributed by atoms with E-state index in [9.17, 15) is 13.2 Å². The Bertz CT molecular complexity index is 894. The van der Waals surface area contributed by atoms with E-state index in [4.69, 9.17) is 4.74 Å². The molecule has 0 aliphatic heterocycles. The maximum atomic E-state index is 12.8. The average molecular weight is 392 g/mol. The highest BCUT2D eigenvalue weighted by molar-refractivity contribution is 7.89. The summed E-state index contributed by atoms with van der Waals surface area (Å²) in [6.45, 7) is 8.19. The van der Waals surface area contributed by atoms with Crippen molar-refractivity contribution in [3.05, 3.63) is 42.0 Å². The van der Waals surface area contributed by atoms with Crippen molar-refractivity contribution in [2.24, 2.45) is 0 Å². The molecule has 0 atom stereocenters. The lowest BCUT2D eigenvalue weighted by Gasteiger charge is -2.20. The summed E-state index contributed by atoms with van der Waals surface area (Å²) in [4.78, 5) is 20.6. The minimum absolute atomic E-state index is 0.0833. The number of carbonyl (C=O) groups excluding carboxylic acids is 1. The van der Waals surface area contributed by atoms with Crippen molar-refractivity contribution in [3.63, 3.8) is 0 Å². The second-order valence-corrected chi connectivity index (χ2v) is 7.62. The van der Waals surface area contributed by atoms with Crippen molar-refractivity contribution in [1.29, 1.82) is 0 Å². The third-order valence-electron chi connectivity index (χ3n) is 3.86. The number of nitrogens with zero attached hydrogens (tertiary/aromatic N) is 3. The molecule has 0 spiro atoms. The molecule has 146 valence electrons. The highest BCUT2D eigenvalue weighted by Gasteiger charge is 2.23. The zero-order valence-corrected chi connectivity index (χ0v) is 16.7. The Morgan fingerprint density at radius 1 is 1.15 bits per heavy atom. The van der Waals surface area contributed by atoms with Gasteiger partial charge >= 0.3 is 0 Å². The Hall–Kier alpha value is -2.52. The van der Waals surface area contributed by atoms with Gasteiger partial charge in [0.15, 0.2) is 0 Å². The quantitative estimate of drug-likeness (QED) is 0.740. The van der Waals surface area contributed by atoms with Gasteiger partial charge in [-0.15, -0.1) is 0 Å². The molecule has 1 amide bonds. The highest BCUT2D eigenvalue weighted by atomic mass is 32.2. The number of ether oxygens (including phenoxy) is 1. The topological polar surface area (TPSA) is 101 Å². The van der Waals surface area contributed by atoms with Crippen LogP contribution in [0, 0.1) is 6.92 Å². The first-order chi connectivity index (χ1) is 12.8. The number of sulfonamides is 1. The van der Waals surface area contributed by atoms with Crippen molar-refractivity contribution in [2.45, 2.75) is 32.6 Å². The number of aryl methyl sites for hydroxylation is 1. The minimum Gasteiger partial charge on any atom is -0.492 e. The van der Waals surface area contributed by atoms with Crippen LogP contribution >= 0.6 is 0 Å². The van der Waals surface area contributed by atoms with Gasteiger partial charge in [-0.25, -0.2) is 13.4 Å². The minimum atomic E-state index is -3.66. The number of benzene rings is 1. The van der Waals surface area contributed by atoms with Gasteiger partial charge in [0, 0.05) is 19.3 Å². The first kappa shape index (κ1) is 20.8. The number of nitrogens with one attached hydrogen (secondary N) is 1. The third-order valence-corrected chi connectivity index (χ3v) is 5.90. The predicted octanol–water partition coefficient (Wildman–Crippen LogP) is 2.47. The Morgan fingerprint density at radius 2 is 1.85 bits per heavy atom. The number of carbonyl (C=O) groups is 1. The van der Waals surface area contributed by atoms with Gasteiger partial charge in [-0.05, 0) is 32.0 Å². The van der Waals surface area contributed by atoms with Crippen molar-refractivity contribution in [3.8, 4) is 5.75 Å². The second kappa shape index (κ2) is 8.92. The second-order valence-electron chi connectivity index (χ2n) is 5.68. The Balaban J connectivity index is 2.41. The lowest BCUT2D eigenvalue weighted by Crippen LogP contribution is -2.30. The van der Waals surface area contributed by atoms with Gasteiger partial charge in [0.2, 0.25) is 10.0 Å². The van der Waals surface area contributed by atoms with Crippen LogP contribution in [0.4, 0.5) is 5.69 Å². The van der Waals surface area contributed by atoms with Gasteiger partial charge in [-0.1, -0.05) is 13.8 Å². The molecule has 0 saturated heterocycles. The van der Waals surface area contributed by atoms with Crippen LogP contribution in [0.25, 0.3) is 0 Å². The van der Waals surface area contributed by atoms with E-state index in [2.05, 4.69) is 15.3 Å². The van der Waals surface area contributed by atoms with E-state index >= 15 is 0 Å². The number of hydrogen-bond acceptors (Lipinski definition) is 6. The molecule has 0 fully saturated rings. The predicted molar refractivity (Wildman–Crippen MR) is 102 cm³/mol. The zero-order valence-electron chi connectivity index (χ0n) is 15.9. The SMILES string of the molecule is CCOc1ccc(S(=O)(=O)N(CC)CC)cc1NC(=O)c1cnc(C)cn1. The van der Waals surface area contributed by atoms with Crippen LogP contribution in [0.5, 0.6) is 5.75 Å². The molecular weight excluding hydrogens is 368 g/mol. The van der Waals surface area contributed by atoms with E-state index in [1.807, 2.05) is 0 Å². The number of amides is 1. The van der Waals surface area contributed by atoms with Crippen LogP contribution in [0.1, 0.15) is 37.0 Å². The smallest absolute Gasteiger partial charge is 0.275 e. The Kier molecular flexibility index (Phi) is 6.86. The largest absolute Gasteiger partial charge is 0.492 e. The first-order valence-electron chi connectivity index (χ1n) is 8.70. The van der Waals surface area contributed by atoms with E-state index in [0.29, 0.717) is 31.1 Å². The van der Waals surface area contributed by atoms with Crippen LogP contribution in [-0.4, -0.2) is 48.3 Å². The highest BCUT2D eigenvalue weighted by Crippen LogP contribution is 2.29. The van der Waals surface area contributed by atoms with Crippen LogP contribution in [0.15, 0.2) is 35.5 Å². The summed E-state index contributed by atoms with van der Waals surface area (Å²) in [6, 6.07) is 4.41. The van der Waals surface area contributed by atoms with Crippen molar-refractivity contribution >= 4 is 21.6 Å². The first-order valence-corrected chi connectivity index (χ1v) is 10.1. The van der Waals surface area contributed by atoms with Crippen molar-refractivity contribution < 1.29 is 17.9 Å². The van der Waals surface area contributed by atoms with E-state index in [0.717, 1.165) is 0 Å². The fourth-order valence-corrected chi connectivity index (χ4v) is 3.94. The summed E-state index contributed by atoms with van der Waals surface area (Å²) < 4.78 is 32.4. The van der Waals surface area contributed by atoms with E-state index in [1.165, 1.54) is 34.9 Å². The Labute approximate surface area is 159 Å². The zero-order chi connectivity index (χ0) is 20.0. The summed E-state index contributed by atoms with van der Waals surface area (Å²) in [5, 5.41) is 2.67.